The van der Waals surface area contributed by atoms with Crippen LogP contribution in [0.5, 0.6) is 0 Å². The second kappa shape index (κ2) is 6.38. The first kappa shape index (κ1) is 14.3. The lowest BCUT2D eigenvalue weighted by atomic mass is 10.0. The highest BCUT2D eigenvalue weighted by atomic mass is 35.5. The summed E-state index contributed by atoms with van der Waals surface area (Å²) in [6.07, 6.45) is 0. The Kier molecular flexibility index (Phi) is 4.57. The zero-order valence-corrected chi connectivity index (χ0v) is 12.0. The molecule has 0 aliphatic rings. The summed E-state index contributed by atoms with van der Waals surface area (Å²) in [5.41, 5.74) is 0.710. The molecule has 0 atom stereocenters. The van der Waals surface area contributed by atoms with Crippen molar-refractivity contribution >= 4 is 34.7 Å². The molecule has 1 heterocycles. The molecule has 0 amide bonds. The number of carbonyl (C=O) groups is 2. The van der Waals surface area contributed by atoms with E-state index in [9.17, 15) is 9.59 Å². The molecule has 2 aromatic rings. The van der Waals surface area contributed by atoms with Gasteiger partial charge in [-0.2, -0.15) is 0 Å². The molecular weight excluding hydrogens is 296 g/mol. The summed E-state index contributed by atoms with van der Waals surface area (Å²) in [5, 5.41) is 2.40. The van der Waals surface area contributed by atoms with E-state index in [0.29, 0.717) is 10.6 Å². The summed E-state index contributed by atoms with van der Waals surface area (Å²) in [6, 6.07) is 8.38. The maximum atomic E-state index is 11.9. The Balaban J connectivity index is 2.36. The van der Waals surface area contributed by atoms with Gasteiger partial charge in [-0.1, -0.05) is 35.6 Å². The number of thiophene rings is 1. The number of hydrogen-bond acceptors (Lipinski definition) is 4. The van der Waals surface area contributed by atoms with E-state index in [-0.39, 0.29) is 5.56 Å². The molecule has 0 aliphatic carbocycles. The molecular formula is C15H9ClO3S. The van der Waals surface area contributed by atoms with Crippen molar-refractivity contribution in [2.75, 3.05) is 7.11 Å². The second-order valence-corrected chi connectivity index (χ2v) is 5.09. The van der Waals surface area contributed by atoms with Gasteiger partial charge in [-0.3, -0.25) is 4.79 Å². The molecule has 0 saturated carbocycles. The average Bonchev–Trinajstić information content (AvgIpc) is 2.89. The molecule has 1 aromatic carbocycles. The zero-order chi connectivity index (χ0) is 14.5. The molecule has 0 aliphatic heterocycles. The van der Waals surface area contributed by atoms with Crippen LogP contribution < -0.4 is 0 Å². The fourth-order valence-electron chi connectivity index (χ4n) is 1.50. The summed E-state index contributed by atoms with van der Waals surface area (Å²) in [4.78, 5) is 23.9. The standard InChI is InChI=1S/C15H9ClO3S/c1-19-15(18)14(17)13-5-3-2-4-10(13)6-7-12-8-11(16)9-20-12/h2-5,8-9H,1H3. The first-order chi connectivity index (χ1) is 9.61. The summed E-state index contributed by atoms with van der Waals surface area (Å²) >= 11 is 7.22. The maximum absolute atomic E-state index is 11.9. The van der Waals surface area contributed by atoms with Crippen LogP contribution in [-0.2, 0) is 9.53 Å². The number of methoxy groups -OCH3 is 1. The van der Waals surface area contributed by atoms with Crippen LogP contribution in [-0.4, -0.2) is 18.9 Å². The van der Waals surface area contributed by atoms with Gasteiger partial charge in [-0.05, 0) is 18.2 Å². The summed E-state index contributed by atoms with van der Waals surface area (Å²) < 4.78 is 4.44. The number of Topliss-reactive ketones (excluding diaryl/α,β-unsaturated/α-hetero) is 1. The summed E-state index contributed by atoms with van der Waals surface area (Å²) in [7, 11) is 1.17. The predicted molar refractivity (Wildman–Crippen MR) is 78.1 cm³/mol. The molecule has 0 unspecified atom stereocenters. The van der Waals surface area contributed by atoms with Crippen molar-refractivity contribution < 1.29 is 14.3 Å². The number of benzene rings is 1. The van der Waals surface area contributed by atoms with Gasteiger partial charge in [0.05, 0.1) is 17.0 Å². The lowest BCUT2D eigenvalue weighted by molar-refractivity contribution is -0.135. The van der Waals surface area contributed by atoms with E-state index in [1.54, 1.807) is 35.7 Å². The molecule has 100 valence electrons. The third-order valence-electron chi connectivity index (χ3n) is 2.43. The predicted octanol–water partition coefficient (Wildman–Crippen LogP) is 3.16. The minimum Gasteiger partial charge on any atom is -0.463 e. The molecule has 1 aromatic heterocycles. The third-order valence-corrected chi connectivity index (χ3v) is 3.62. The average molecular weight is 305 g/mol. The van der Waals surface area contributed by atoms with Crippen molar-refractivity contribution in [3.05, 3.63) is 56.7 Å². The molecule has 20 heavy (non-hydrogen) atoms. The number of rotatable bonds is 2. The Bertz CT molecular complexity index is 722. The van der Waals surface area contributed by atoms with Gasteiger partial charge in [0.1, 0.15) is 0 Å². The fraction of sp³-hybridized carbons (Fsp3) is 0.0667. The van der Waals surface area contributed by atoms with Crippen LogP contribution in [0.2, 0.25) is 5.02 Å². The van der Waals surface area contributed by atoms with Gasteiger partial charge in [-0.25, -0.2) is 4.79 Å². The highest BCUT2D eigenvalue weighted by Gasteiger charge is 2.18. The second-order valence-electron chi connectivity index (χ2n) is 3.75. The zero-order valence-electron chi connectivity index (χ0n) is 10.5. The molecule has 3 nitrogen and oxygen atoms in total. The van der Waals surface area contributed by atoms with Crippen LogP contribution in [0.15, 0.2) is 35.7 Å². The Morgan fingerprint density at radius 3 is 2.65 bits per heavy atom. The first-order valence-corrected chi connectivity index (χ1v) is 6.85. The number of hydrogen-bond donors (Lipinski definition) is 0. The molecule has 0 saturated heterocycles. The van der Waals surface area contributed by atoms with Gasteiger partial charge < -0.3 is 4.74 Å². The number of halogens is 1. The lowest BCUT2D eigenvalue weighted by Gasteiger charge is -2.01. The van der Waals surface area contributed by atoms with E-state index in [2.05, 4.69) is 16.6 Å². The van der Waals surface area contributed by atoms with Gasteiger partial charge in [-0.15, -0.1) is 11.3 Å². The van der Waals surface area contributed by atoms with Crippen molar-refractivity contribution in [3.63, 3.8) is 0 Å². The van der Waals surface area contributed by atoms with Crippen molar-refractivity contribution in [2.45, 2.75) is 0 Å². The van der Waals surface area contributed by atoms with Gasteiger partial charge in [0.25, 0.3) is 5.78 Å². The molecule has 0 bridgehead atoms. The van der Waals surface area contributed by atoms with Crippen LogP contribution in [0.1, 0.15) is 20.8 Å². The van der Waals surface area contributed by atoms with E-state index in [1.807, 2.05) is 0 Å². The van der Waals surface area contributed by atoms with Crippen LogP contribution >= 0.6 is 22.9 Å². The maximum Gasteiger partial charge on any atom is 0.379 e. The van der Waals surface area contributed by atoms with Crippen LogP contribution in [0.4, 0.5) is 0 Å². The molecule has 0 N–H and O–H groups in total. The Hall–Kier alpha value is -2.09. The SMILES string of the molecule is COC(=O)C(=O)c1ccccc1C#Cc1cc(Cl)cs1. The minimum atomic E-state index is -0.904. The third kappa shape index (κ3) is 3.27. The van der Waals surface area contributed by atoms with E-state index >= 15 is 0 Å². The van der Waals surface area contributed by atoms with E-state index in [4.69, 9.17) is 11.6 Å². The van der Waals surface area contributed by atoms with Crippen molar-refractivity contribution in [3.8, 4) is 11.8 Å². The quantitative estimate of drug-likeness (QED) is 0.370. The molecule has 5 heteroatoms. The highest BCUT2D eigenvalue weighted by molar-refractivity contribution is 7.11. The van der Waals surface area contributed by atoms with E-state index in [1.165, 1.54) is 18.4 Å². The smallest absolute Gasteiger partial charge is 0.379 e. The van der Waals surface area contributed by atoms with E-state index < -0.39 is 11.8 Å². The van der Waals surface area contributed by atoms with Gasteiger partial charge in [0.2, 0.25) is 0 Å². The Morgan fingerprint density at radius 2 is 2.00 bits per heavy atom. The van der Waals surface area contributed by atoms with Crippen molar-refractivity contribution in [1.82, 2.24) is 0 Å². The molecule has 0 radical (unpaired) electrons. The molecule has 0 spiro atoms. The Morgan fingerprint density at radius 1 is 1.25 bits per heavy atom. The van der Waals surface area contributed by atoms with Crippen LogP contribution in [0, 0.1) is 11.8 Å². The molecule has 2 rings (SSSR count). The molecule has 0 fully saturated rings. The van der Waals surface area contributed by atoms with Gasteiger partial charge in [0.15, 0.2) is 0 Å². The number of ketones is 1. The summed E-state index contributed by atoms with van der Waals surface area (Å²) in [6.45, 7) is 0. The van der Waals surface area contributed by atoms with Crippen LogP contribution in [0.25, 0.3) is 0 Å². The number of carbonyl (C=O) groups excluding carboxylic acids is 2. The van der Waals surface area contributed by atoms with Crippen molar-refractivity contribution in [1.29, 1.82) is 0 Å². The van der Waals surface area contributed by atoms with Crippen molar-refractivity contribution in [2.24, 2.45) is 0 Å². The first-order valence-electron chi connectivity index (χ1n) is 5.59. The number of ether oxygens (including phenoxy) is 1. The normalized spacial score (nSPS) is 9.50. The minimum absolute atomic E-state index is 0.231. The highest BCUT2D eigenvalue weighted by Crippen LogP contribution is 2.18. The monoisotopic (exact) mass is 304 g/mol. The van der Waals surface area contributed by atoms with Crippen LogP contribution in [0.3, 0.4) is 0 Å². The van der Waals surface area contributed by atoms with E-state index in [0.717, 1.165) is 4.88 Å². The topological polar surface area (TPSA) is 43.4 Å². The summed E-state index contributed by atoms with van der Waals surface area (Å²) in [5.74, 6) is 4.18. The fourth-order valence-corrected chi connectivity index (χ4v) is 2.42. The number of esters is 1. The van der Waals surface area contributed by atoms with Gasteiger partial charge in [0, 0.05) is 16.5 Å². The largest absolute Gasteiger partial charge is 0.463 e. The van der Waals surface area contributed by atoms with Gasteiger partial charge >= 0.3 is 5.97 Å². The Labute approximate surface area is 125 Å². The lowest BCUT2D eigenvalue weighted by Crippen LogP contribution is -2.16.